The summed E-state index contributed by atoms with van der Waals surface area (Å²) in [4.78, 5) is 6.77. The molecule has 1 fully saturated rings. The van der Waals surface area contributed by atoms with Gasteiger partial charge >= 0.3 is 0 Å². The summed E-state index contributed by atoms with van der Waals surface area (Å²) in [6.07, 6.45) is 8.49. The first-order chi connectivity index (χ1) is 8.76. The summed E-state index contributed by atoms with van der Waals surface area (Å²) in [6.45, 7) is 2.83. The molecule has 1 aliphatic rings. The molecule has 18 heavy (non-hydrogen) atoms. The monoisotopic (exact) mass is 247 g/mol. The molecule has 100 valence electrons. The van der Waals surface area contributed by atoms with E-state index >= 15 is 0 Å². The predicted molar refractivity (Wildman–Crippen MR) is 76.6 cm³/mol. The van der Waals surface area contributed by atoms with E-state index in [4.69, 9.17) is 5.73 Å². The first-order valence-electron chi connectivity index (χ1n) is 7.13. The maximum Gasteiger partial charge on any atom is 0.0772 e. The van der Waals surface area contributed by atoms with E-state index in [0.717, 1.165) is 11.6 Å². The largest absolute Gasteiger partial charge is 0.370 e. The Hall–Kier alpha value is -1.09. The zero-order valence-electron chi connectivity index (χ0n) is 11.6. The van der Waals surface area contributed by atoms with Crippen LogP contribution in [0.25, 0.3) is 0 Å². The molecule has 0 radical (unpaired) electrons. The van der Waals surface area contributed by atoms with Gasteiger partial charge in [-0.25, -0.2) is 0 Å². The van der Waals surface area contributed by atoms with Crippen molar-refractivity contribution in [1.82, 2.24) is 4.98 Å². The molecule has 0 amide bonds. The van der Waals surface area contributed by atoms with Crippen LogP contribution in [0.5, 0.6) is 0 Å². The highest BCUT2D eigenvalue weighted by molar-refractivity contribution is 5.50. The molecule has 0 aromatic carbocycles. The molecule has 1 aromatic rings. The molecule has 1 heterocycles. The van der Waals surface area contributed by atoms with Crippen LogP contribution in [0.3, 0.4) is 0 Å². The third-order valence-electron chi connectivity index (χ3n) is 4.38. The van der Waals surface area contributed by atoms with Crippen LogP contribution in [-0.4, -0.2) is 18.1 Å². The van der Waals surface area contributed by atoms with Gasteiger partial charge in [-0.15, -0.1) is 0 Å². The van der Waals surface area contributed by atoms with Gasteiger partial charge in [-0.1, -0.05) is 13.3 Å². The smallest absolute Gasteiger partial charge is 0.0772 e. The van der Waals surface area contributed by atoms with E-state index in [-0.39, 0.29) is 0 Å². The molecule has 2 rings (SSSR count). The van der Waals surface area contributed by atoms with Crippen molar-refractivity contribution in [2.45, 2.75) is 51.6 Å². The van der Waals surface area contributed by atoms with Crippen LogP contribution in [0.2, 0.25) is 0 Å². The van der Waals surface area contributed by atoms with Crippen LogP contribution in [0.15, 0.2) is 18.3 Å². The van der Waals surface area contributed by atoms with Crippen molar-refractivity contribution in [3.8, 4) is 0 Å². The van der Waals surface area contributed by atoms with Crippen LogP contribution < -0.4 is 10.6 Å². The maximum atomic E-state index is 5.77. The summed E-state index contributed by atoms with van der Waals surface area (Å²) in [5.41, 5.74) is 7.99. The Labute approximate surface area is 110 Å². The Kier molecular flexibility index (Phi) is 4.59. The Morgan fingerprint density at radius 3 is 2.67 bits per heavy atom. The average molecular weight is 247 g/mol. The lowest BCUT2D eigenvalue weighted by Gasteiger charge is -2.36. The second-order valence-corrected chi connectivity index (χ2v) is 5.37. The summed E-state index contributed by atoms with van der Waals surface area (Å²) < 4.78 is 0. The van der Waals surface area contributed by atoms with E-state index in [1.165, 1.54) is 37.8 Å². The second kappa shape index (κ2) is 6.19. The van der Waals surface area contributed by atoms with Crippen molar-refractivity contribution in [3.63, 3.8) is 0 Å². The van der Waals surface area contributed by atoms with Gasteiger partial charge in [-0.2, -0.15) is 0 Å². The fraction of sp³-hybridized carbons (Fsp3) is 0.667. The average Bonchev–Trinajstić information content (AvgIpc) is 2.46. The molecule has 3 heteroatoms. The van der Waals surface area contributed by atoms with E-state index in [1.54, 1.807) is 0 Å². The summed E-state index contributed by atoms with van der Waals surface area (Å²) in [7, 11) is 2.19. The number of nitrogens with two attached hydrogens (primary N) is 1. The molecule has 0 unspecified atom stereocenters. The van der Waals surface area contributed by atoms with Gasteiger partial charge in [-0.3, -0.25) is 4.98 Å². The summed E-state index contributed by atoms with van der Waals surface area (Å²) in [5, 5.41) is 0. The van der Waals surface area contributed by atoms with Crippen molar-refractivity contribution >= 4 is 5.69 Å². The molecule has 1 aromatic heterocycles. The van der Waals surface area contributed by atoms with E-state index in [9.17, 15) is 0 Å². The molecule has 2 N–H and O–H groups in total. The van der Waals surface area contributed by atoms with E-state index < -0.39 is 0 Å². The summed E-state index contributed by atoms with van der Waals surface area (Å²) in [5.74, 6) is 0.942. The SMILES string of the molecule is CCC1CCC(N(C)c2cccnc2CN)CC1. The molecule has 0 atom stereocenters. The Balaban J connectivity index is 2.05. The molecule has 1 saturated carbocycles. The quantitative estimate of drug-likeness (QED) is 0.889. The standard InChI is InChI=1S/C15H25N3/c1-3-12-6-8-13(9-7-12)18(2)15-5-4-10-17-14(15)11-16/h4-5,10,12-13H,3,6-9,11,16H2,1-2H3. The third kappa shape index (κ3) is 2.83. The predicted octanol–water partition coefficient (Wildman–Crippen LogP) is 2.95. The first-order valence-corrected chi connectivity index (χ1v) is 7.13. The van der Waals surface area contributed by atoms with Crippen LogP contribution in [-0.2, 0) is 6.54 Å². The fourth-order valence-electron chi connectivity index (χ4n) is 3.05. The van der Waals surface area contributed by atoms with Crippen LogP contribution >= 0.6 is 0 Å². The Morgan fingerprint density at radius 1 is 1.33 bits per heavy atom. The summed E-state index contributed by atoms with van der Waals surface area (Å²) in [6, 6.07) is 4.80. The third-order valence-corrected chi connectivity index (χ3v) is 4.38. The van der Waals surface area contributed by atoms with Crippen molar-refractivity contribution in [2.24, 2.45) is 11.7 Å². The molecule has 0 bridgehead atoms. The van der Waals surface area contributed by atoms with Gasteiger partial charge in [0, 0.05) is 25.8 Å². The zero-order valence-corrected chi connectivity index (χ0v) is 11.6. The number of anilines is 1. The minimum atomic E-state index is 0.519. The van der Waals surface area contributed by atoms with Gasteiger partial charge in [0.1, 0.15) is 0 Å². The van der Waals surface area contributed by atoms with Gasteiger partial charge in [0.25, 0.3) is 0 Å². The number of pyridine rings is 1. The maximum absolute atomic E-state index is 5.77. The van der Waals surface area contributed by atoms with Gasteiger partial charge in [-0.05, 0) is 43.7 Å². The van der Waals surface area contributed by atoms with Crippen molar-refractivity contribution in [1.29, 1.82) is 0 Å². The van der Waals surface area contributed by atoms with E-state index in [2.05, 4.69) is 29.9 Å². The molecule has 3 nitrogen and oxygen atoms in total. The second-order valence-electron chi connectivity index (χ2n) is 5.37. The van der Waals surface area contributed by atoms with E-state index in [0.29, 0.717) is 12.6 Å². The lowest BCUT2D eigenvalue weighted by molar-refractivity contribution is 0.313. The van der Waals surface area contributed by atoms with Crippen LogP contribution in [0.1, 0.15) is 44.7 Å². The molecule has 0 spiro atoms. The normalized spacial score (nSPS) is 23.9. The topological polar surface area (TPSA) is 42.2 Å². The molecule has 0 saturated heterocycles. The molecule has 0 aliphatic heterocycles. The number of aromatic nitrogens is 1. The van der Waals surface area contributed by atoms with Crippen molar-refractivity contribution in [2.75, 3.05) is 11.9 Å². The molecular weight excluding hydrogens is 222 g/mol. The van der Waals surface area contributed by atoms with Gasteiger partial charge in [0.2, 0.25) is 0 Å². The molecular formula is C15H25N3. The van der Waals surface area contributed by atoms with Gasteiger partial charge in [0.15, 0.2) is 0 Å². The van der Waals surface area contributed by atoms with Crippen molar-refractivity contribution < 1.29 is 0 Å². The highest BCUT2D eigenvalue weighted by atomic mass is 15.1. The van der Waals surface area contributed by atoms with Gasteiger partial charge < -0.3 is 10.6 Å². The Morgan fingerprint density at radius 2 is 2.06 bits per heavy atom. The van der Waals surface area contributed by atoms with Crippen LogP contribution in [0.4, 0.5) is 5.69 Å². The highest BCUT2D eigenvalue weighted by Crippen LogP contribution is 2.31. The first kappa shape index (κ1) is 13.3. The number of hydrogen-bond acceptors (Lipinski definition) is 3. The van der Waals surface area contributed by atoms with Crippen LogP contribution in [0, 0.1) is 5.92 Å². The Bertz CT molecular complexity index is 370. The zero-order chi connectivity index (χ0) is 13.0. The summed E-state index contributed by atoms with van der Waals surface area (Å²) >= 11 is 0. The molecule has 1 aliphatic carbocycles. The van der Waals surface area contributed by atoms with Crippen molar-refractivity contribution in [3.05, 3.63) is 24.0 Å². The fourth-order valence-corrected chi connectivity index (χ4v) is 3.05. The number of nitrogens with zero attached hydrogens (tertiary/aromatic N) is 2. The lowest BCUT2D eigenvalue weighted by atomic mass is 9.84. The minimum absolute atomic E-state index is 0.519. The minimum Gasteiger partial charge on any atom is -0.370 e. The number of hydrogen-bond donors (Lipinski definition) is 1. The lowest BCUT2D eigenvalue weighted by Crippen LogP contribution is -2.36. The highest BCUT2D eigenvalue weighted by Gasteiger charge is 2.24. The van der Waals surface area contributed by atoms with Gasteiger partial charge in [0.05, 0.1) is 11.4 Å². The van der Waals surface area contributed by atoms with E-state index in [1.807, 2.05) is 12.3 Å². The number of rotatable bonds is 4.